The molecule has 0 radical (unpaired) electrons. The summed E-state index contributed by atoms with van der Waals surface area (Å²) >= 11 is 0. The fourth-order valence-corrected chi connectivity index (χ4v) is 3.36. The smallest absolute Gasteiger partial charge is 0.318 e. The van der Waals surface area contributed by atoms with Crippen LogP contribution in [0.5, 0.6) is 0 Å². The van der Waals surface area contributed by atoms with Crippen LogP contribution in [0.15, 0.2) is 60.7 Å². The Hall–Kier alpha value is -4.07. The lowest BCUT2D eigenvalue weighted by Gasteiger charge is -2.26. The van der Waals surface area contributed by atoms with Crippen molar-refractivity contribution in [3.05, 3.63) is 77.6 Å². The van der Waals surface area contributed by atoms with Crippen LogP contribution in [-0.2, 0) is 9.59 Å². The van der Waals surface area contributed by atoms with Crippen LogP contribution in [0.25, 0.3) is 11.8 Å². The summed E-state index contributed by atoms with van der Waals surface area (Å²) in [6.07, 6.45) is 7.85. The van der Waals surface area contributed by atoms with Crippen molar-refractivity contribution < 1.29 is 14.4 Å². The molecule has 0 atom stereocenters. The van der Waals surface area contributed by atoms with Crippen LogP contribution in [-0.4, -0.2) is 32.4 Å². The maximum absolute atomic E-state index is 13.0. The molecule has 0 saturated carbocycles. The van der Waals surface area contributed by atoms with E-state index in [1.54, 1.807) is 12.4 Å². The highest BCUT2D eigenvalue weighted by molar-refractivity contribution is 6.39. The zero-order valence-electron chi connectivity index (χ0n) is 15.8. The molecule has 3 aromatic rings. The highest BCUT2D eigenvalue weighted by atomic mass is 16.2. The van der Waals surface area contributed by atoms with Crippen molar-refractivity contribution in [1.82, 2.24) is 19.9 Å². The first-order valence-corrected chi connectivity index (χ1v) is 8.88. The first-order chi connectivity index (χ1) is 14.0. The zero-order chi connectivity index (χ0) is 20.5. The number of hydrogen-bond donors (Lipinski definition) is 1. The van der Waals surface area contributed by atoms with Crippen LogP contribution >= 0.6 is 0 Å². The Morgan fingerprint density at radius 1 is 0.897 bits per heavy atom. The number of carbonyl (C=O) groups excluding carboxylic acids is 3. The summed E-state index contributed by atoms with van der Waals surface area (Å²) in [5.41, 5.74) is 3.65. The van der Waals surface area contributed by atoms with Crippen molar-refractivity contribution in [2.45, 2.75) is 13.8 Å². The van der Waals surface area contributed by atoms with Gasteiger partial charge in [0.1, 0.15) is 5.57 Å². The van der Waals surface area contributed by atoms with Gasteiger partial charge in [-0.1, -0.05) is 0 Å². The summed E-state index contributed by atoms with van der Waals surface area (Å²) in [6.45, 7) is 3.84. The van der Waals surface area contributed by atoms with Gasteiger partial charge in [-0.25, -0.2) is 9.69 Å². The molecule has 8 nitrogen and oxygen atoms in total. The van der Waals surface area contributed by atoms with Crippen LogP contribution in [0, 0.1) is 13.8 Å². The molecule has 1 aliphatic rings. The van der Waals surface area contributed by atoms with E-state index >= 15 is 0 Å². The van der Waals surface area contributed by atoms with E-state index in [0.717, 1.165) is 22.0 Å². The monoisotopic (exact) mass is 387 g/mol. The molecule has 4 amide bonds. The van der Waals surface area contributed by atoms with Crippen LogP contribution in [0.4, 0.5) is 10.5 Å². The third-order valence-corrected chi connectivity index (χ3v) is 4.71. The third kappa shape index (κ3) is 3.20. The number of aromatic nitrogens is 3. The zero-order valence-corrected chi connectivity index (χ0v) is 15.8. The van der Waals surface area contributed by atoms with Gasteiger partial charge in [0.05, 0.1) is 5.69 Å². The molecule has 8 heteroatoms. The minimum atomic E-state index is -0.786. The lowest BCUT2D eigenvalue weighted by atomic mass is 10.1. The van der Waals surface area contributed by atoms with E-state index in [-0.39, 0.29) is 5.57 Å². The standard InChI is InChI=1S/C21H17N5O3/c1-13-11-15(14(2)25(13)16-3-7-22-8-4-16)12-18-19(27)24-21(29)26(20(18)28)17-5-9-23-10-6-17/h3-12H,1-2H3,(H,24,27,29)/b18-12+. The number of rotatable bonds is 3. The van der Waals surface area contributed by atoms with Gasteiger partial charge in [-0.3, -0.25) is 24.9 Å². The molecule has 0 bridgehead atoms. The summed E-state index contributed by atoms with van der Waals surface area (Å²) in [7, 11) is 0. The number of amides is 4. The van der Waals surface area contributed by atoms with Gasteiger partial charge in [-0.2, -0.15) is 0 Å². The fourth-order valence-electron chi connectivity index (χ4n) is 3.36. The van der Waals surface area contributed by atoms with Crippen molar-refractivity contribution in [2.24, 2.45) is 0 Å². The number of barbiturate groups is 1. The van der Waals surface area contributed by atoms with E-state index in [2.05, 4.69) is 15.3 Å². The third-order valence-electron chi connectivity index (χ3n) is 4.71. The second kappa shape index (κ2) is 7.16. The van der Waals surface area contributed by atoms with Gasteiger partial charge in [0.25, 0.3) is 11.8 Å². The average Bonchev–Trinajstić information content (AvgIpc) is 2.99. The highest BCUT2D eigenvalue weighted by Gasteiger charge is 2.37. The van der Waals surface area contributed by atoms with Crippen molar-refractivity contribution >= 4 is 29.6 Å². The average molecular weight is 387 g/mol. The Kier molecular flexibility index (Phi) is 4.52. The largest absolute Gasteiger partial charge is 0.335 e. The van der Waals surface area contributed by atoms with E-state index in [4.69, 9.17) is 0 Å². The van der Waals surface area contributed by atoms with Gasteiger partial charge in [0.15, 0.2) is 0 Å². The molecule has 3 aromatic heterocycles. The molecule has 1 fully saturated rings. The number of nitrogens with zero attached hydrogens (tertiary/aromatic N) is 4. The number of carbonyl (C=O) groups is 3. The maximum Gasteiger partial charge on any atom is 0.335 e. The van der Waals surface area contributed by atoms with Gasteiger partial charge in [0, 0.05) is 41.9 Å². The summed E-state index contributed by atoms with van der Waals surface area (Å²) < 4.78 is 2.01. The molecule has 29 heavy (non-hydrogen) atoms. The molecule has 1 N–H and O–H groups in total. The molecule has 0 unspecified atom stereocenters. The Morgan fingerprint density at radius 2 is 1.48 bits per heavy atom. The molecular weight excluding hydrogens is 370 g/mol. The van der Waals surface area contributed by atoms with Gasteiger partial charge in [-0.15, -0.1) is 0 Å². The van der Waals surface area contributed by atoms with Crippen molar-refractivity contribution in [3.63, 3.8) is 0 Å². The maximum atomic E-state index is 13.0. The Bertz CT molecular complexity index is 1150. The molecule has 4 heterocycles. The number of imide groups is 2. The number of hydrogen-bond acceptors (Lipinski definition) is 5. The van der Waals surface area contributed by atoms with Gasteiger partial charge < -0.3 is 4.57 Å². The number of anilines is 1. The first-order valence-electron chi connectivity index (χ1n) is 8.88. The summed E-state index contributed by atoms with van der Waals surface area (Å²) in [6, 6.07) is 7.90. The second-order valence-corrected chi connectivity index (χ2v) is 6.53. The predicted molar refractivity (Wildman–Crippen MR) is 106 cm³/mol. The van der Waals surface area contributed by atoms with Gasteiger partial charge >= 0.3 is 6.03 Å². The number of nitrogens with one attached hydrogen (secondary N) is 1. The molecule has 1 aliphatic heterocycles. The molecule has 4 rings (SSSR count). The van der Waals surface area contributed by atoms with Crippen LogP contribution in [0.1, 0.15) is 17.0 Å². The number of aryl methyl sites for hydroxylation is 1. The van der Waals surface area contributed by atoms with E-state index < -0.39 is 17.8 Å². The van der Waals surface area contributed by atoms with E-state index in [9.17, 15) is 14.4 Å². The van der Waals surface area contributed by atoms with Gasteiger partial charge in [-0.05, 0) is 55.8 Å². The quantitative estimate of drug-likeness (QED) is 0.550. The molecule has 0 aliphatic carbocycles. The molecule has 144 valence electrons. The summed E-state index contributed by atoms with van der Waals surface area (Å²) in [5, 5.41) is 2.22. The summed E-state index contributed by atoms with van der Waals surface area (Å²) in [4.78, 5) is 46.4. The minimum absolute atomic E-state index is 0.114. The highest BCUT2D eigenvalue weighted by Crippen LogP contribution is 2.25. The van der Waals surface area contributed by atoms with E-state index in [1.165, 1.54) is 30.6 Å². The van der Waals surface area contributed by atoms with Crippen molar-refractivity contribution in [2.75, 3.05) is 4.90 Å². The van der Waals surface area contributed by atoms with Crippen LogP contribution < -0.4 is 10.2 Å². The summed E-state index contributed by atoms with van der Waals surface area (Å²) in [5.74, 6) is -1.40. The molecular formula is C21H17N5O3. The normalized spacial score (nSPS) is 15.7. The number of pyridine rings is 2. The van der Waals surface area contributed by atoms with E-state index in [0.29, 0.717) is 11.3 Å². The lowest BCUT2D eigenvalue weighted by Crippen LogP contribution is -2.54. The van der Waals surface area contributed by atoms with Crippen molar-refractivity contribution in [3.8, 4) is 5.69 Å². The molecule has 0 spiro atoms. The Balaban J connectivity index is 1.77. The SMILES string of the molecule is Cc1cc(/C=C2\C(=O)NC(=O)N(c3ccncc3)C2=O)c(C)n1-c1ccncc1. The molecule has 1 saturated heterocycles. The molecule has 0 aromatic carbocycles. The Morgan fingerprint density at radius 3 is 2.10 bits per heavy atom. The lowest BCUT2D eigenvalue weighted by molar-refractivity contribution is -0.122. The van der Waals surface area contributed by atoms with Gasteiger partial charge in [0.2, 0.25) is 0 Å². The van der Waals surface area contributed by atoms with Crippen molar-refractivity contribution in [1.29, 1.82) is 0 Å². The van der Waals surface area contributed by atoms with E-state index in [1.807, 2.05) is 36.6 Å². The second-order valence-electron chi connectivity index (χ2n) is 6.53. The van der Waals surface area contributed by atoms with Crippen LogP contribution in [0.2, 0.25) is 0 Å². The fraction of sp³-hybridized carbons (Fsp3) is 0.0952. The minimum Gasteiger partial charge on any atom is -0.318 e. The first kappa shape index (κ1) is 18.3. The Labute approximate surface area is 166 Å². The topological polar surface area (TPSA) is 97.2 Å². The predicted octanol–water partition coefficient (Wildman–Crippen LogP) is 2.55. The number of urea groups is 1. The van der Waals surface area contributed by atoms with Crippen LogP contribution in [0.3, 0.4) is 0 Å².